The van der Waals surface area contributed by atoms with Gasteiger partial charge in [0.05, 0.1) is 43.7 Å². The van der Waals surface area contributed by atoms with Crippen molar-refractivity contribution in [3.8, 4) is 0 Å². The minimum Gasteiger partial charge on any atom is -0.394 e. The molecule has 14 unspecified atom stereocenters. The summed E-state index contributed by atoms with van der Waals surface area (Å²) in [5.74, 6) is -0.558. The van der Waals surface area contributed by atoms with Gasteiger partial charge in [-0.3, -0.25) is 4.55 Å². The molecular weight excluding hydrogens is 756 g/mol. The molecule has 16 nitrogen and oxygen atoms in total. The van der Waals surface area contributed by atoms with Crippen LogP contribution in [0.15, 0.2) is 0 Å². The fourth-order valence-electron chi connectivity index (χ4n) is 12.6. The van der Waals surface area contributed by atoms with Crippen LogP contribution in [-0.4, -0.2) is 151 Å². The first-order chi connectivity index (χ1) is 26.3. The summed E-state index contributed by atoms with van der Waals surface area (Å²) >= 11 is 0. The van der Waals surface area contributed by atoms with E-state index in [4.69, 9.17) is 32.6 Å². The van der Waals surface area contributed by atoms with Gasteiger partial charge in [-0.05, 0) is 97.7 Å². The van der Waals surface area contributed by atoms with Crippen molar-refractivity contribution in [1.82, 2.24) is 0 Å². The van der Waals surface area contributed by atoms with E-state index in [1.165, 1.54) is 14.2 Å². The van der Waals surface area contributed by atoms with E-state index in [0.29, 0.717) is 25.7 Å². The van der Waals surface area contributed by atoms with E-state index in [1.807, 2.05) is 20.8 Å². The Kier molecular flexibility index (Phi) is 14.0. The number of hydrogen-bond donors (Lipinski definition) is 7. The lowest BCUT2D eigenvalue weighted by atomic mass is 9.43. The van der Waals surface area contributed by atoms with Crippen molar-refractivity contribution in [3.63, 3.8) is 0 Å². The molecule has 7 N–H and O–H groups in total. The highest BCUT2D eigenvalue weighted by Crippen LogP contribution is 2.69. The Morgan fingerprint density at radius 3 is 2.12 bits per heavy atom. The van der Waals surface area contributed by atoms with Crippen molar-refractivity contribution in [2.75, 3.05) is 27.4 Å². The summed E-state index contributed by atoms with van der Waals surface area (Å²) in [6.07, 6.45) is -7.39. The second-order valence-corrected chi connectivity index (χ2v) is 19.7. The minimum absolute atomic E-state index is 0.0340. The van der Waals surface area contributed by atoms with Gasteiger partial charge >= 0.3 is 10.4 Å². The zero-order chi connectivity index (χ0) is 41.1. The highest BCUT2D eigenvalue weighted by atomic mass is 32.3. The molecule has 0 aromatic heterocycles. The molecule has 6 aliphatic rings. The third-order valence-corrected chi connectivity index (χ3v) is 15.9. The quantitative estimate of drug-likeness (QED) is 0.123. The molecule has 17 heteroatoms. The summed E-state index contributed by atoms with van der Waals surface area (Å²) in [6.45, 7) is 10.1. The summed E-state index contributed by atoms with van der Waals surface area (Å²) in [5, 5.41) is 65.6. The van der Waals surface area contributed by atoms with Crippen LogP contribution in [0.2, 0.25) is 0 Å². The monoisotopic (exact) mass is 824 g/mol. The van der Waals surface area contributed by atoms with Gasteiger partial charge in [0.25, 0.3) is 0 Å². The summed E-state index contributed by atoms with van der Waals surface area (Å²) in [4.78, 5) is 0. The Morgan fingerprint density at radius 2 is 1.50 bits per heavy atom. The van der Waals surface area contributed by atoms with Gasteiger partial charge in [-0.15, -0.1) is 0 Å². The molecule has 0 bridgehead atoms. The van der Waals surface area contributed by atoms with Crippen molar-refractivity contribution in [3.05, 3.63) is 0 Å². The lowest BCUT2D eigenvalue weighted by molar-refractivity contribution is -0.313. The topological polar surface area (TPSA) is 240 Å². The third-order valence-electron chi connectivity index (χ3n) is 15.4. The van der Waals surface area contributed by atoms with Gasteiger partial charge in [0.1, 0.15) is 36.6 Å². The molecule has 4 saturated carbocycles. The minimum atomic E-state index is -4.85. The number of rotatable bonds is 14. The van der Waals surface area contributed by atoms with Gasteiger partial charge in [0.15, 0.2) is 12.6 Å². The molecule has 6 rings (SSSR count). The maximum Gasteiger partial charge on any atom is 0.397 e. The first-order valence-electron chi connectivity index (χ1n) is 20.6. The molecule has 0 amide bonds. The second-order valence-electron chi connectivity index (χ2n) is 18.6. The van der Waals surface area contributed by atoms with Gasteiger partial charge < -0.3 is 59.1 Å². The van der Waals surface area contributed by atoms with E-state index in [-0.39, 0.29) is 60.1 Å². The standard InChI is InChI=1S/C39H68O16S/c1-18(2)25(52-37-35(32(44)27(16-40)53-37)54-36-34(50-7)33(45)28(49-6)17-51-36)9-8-19(3)22-15-24(42)29-20-14-26(55-56(46,47)48)30-31(43)23(41)11-13-38(30,4)21(20)10-12-39(22,29)5/h18-37,40-45H,8-17H2,1-7H3,(H,46,47,48)/t19?,20?,21?,22?,23?,24?,25-,26?,27+,28+,29?,30?,31?,32?,33?,34?,35?,36+,37+,38+,39+/m0/s1. The fourth-order valence-corrected chi connectivity index (χ4v) is 13.1. The largest absolute Gasteiger partial charge is 0.397 e. The van der Waals surface area contributed by atoms with Gasteiger partial charge in [-0.25, -0.2) is 4.18 Å². The number of methoxy groups -OCH3 is 2. The molecule has 0 aromatic rings. The lowest BCUT2D eigenvalue weighted by Crippen LogP contribution is -2.64. The van der Waals surface area contributed by atoms with Crippen LogP contribution in [0.1, 0.15) is 86.0 Å². The smallest absolute Gasteiger partial charge is 0.394 e. The maximum atomic E-state index is 12.1. The van der Waals surface area contributed by atoms with Gasteiger partial charge in [-0.1, -0.05) is 34.6 Å². The average molecular weight is 825 g/mol. The molecule has 0 spiro atoms. The molecule has 0 aromatic carbocycles. The summed E-state index contributed by atoms with van der Waals surface area (Å²) in [7, 11) is -1.97. The molecule has 0 radical (unpaired) electrons. The van der Waals surface area contributed by atoms with Crippen molar-refractivity contribution < 1.29 is 76.2 Å². The summed E-state index contributed by atoms with van der Waals surface area (Å²) in [6, 6.07) is 0. The van der Waals surface area contributed by atoms with Crippen molar-refractivity contribution in [2.24, 2.45) is 52.3 Å². The van der Waals surface area contributed by atoms with Crippen molar-refractivity contribution in [2.45, 2.75) is 166 Å². The SMILES string of the molecule is COC1C(O)[C@H](OC)CO[C@@H]1OC1C(O)[C@@H](CO)O[C@H]1O[C@@H](CCC(C)C1CC(O)C2C3CC(OS(=O)(=O)O)C4C(O)C(O)CC[C@]4(C)C3CC[C@]12C)C(C)C. The number of hydrogen-bond acceptors (Lipinski definition) is 15. The third kappa shape index (κ3) is 8.36. The summed E-state index contributed by atoms with van der Waals surface area (Å²) < 4.78 is 74.6. The Hall–Kier alpha value is -0.610. The molecule has 21 atom stereocenters. The maximum absolute atomic E-state index is 12.1. The van der Waals surface area contributed by atoms with Crippen LogP contribution in [0, 0.1) is 52.3 Å². The Balaban J connectivity index is 1.15. The van der Waals surface area contributed by atoms with Crippen LogP contribution in [0.4, 0.5) is 0 Å². The zero-order valence-corrected chi connectivity index (χ0v) is 34.6. The number of ether oxygens (including phenoxy) is 6. The van der Waals surface area contributed by atoms with Crippen molar-refractivity contribution in [1.29, 1.82) is 0 Å². The molecule has 6 fully saturated rings. The number of fused-ring (bicyclic) bond motifs is 5. The molecule has 2 aliphatic heterocycles. The van der Waals surface area contributed by atoms with Crippen LogP contribution >= 0.6 is 0 Å². The second kappa shape index (κ2) is 17.4. The Labute approximate surface area is 331 Å². The summed E-state index contributed by atoms with van der Waals surface area (Å²) in [5.41, 5.74) is -0.835. The van der Waals surface area contributed by atoms with E-state index in [9.17, 15) is 43.6 Å². The first kappa shape index (κ1) is 44.9. The lowest BCUT2D eigenvalue weighted by Gasteiger charge is -2.63. The normalized spacial score (nSPS) is 49.3. The predicted molar refractivity (Wildman–Crippen MR) is 198 cm³/mol. The van der Waals surface area contributed by atoms with Crippen LogP contribution < -0.4 is 0 Å². The van der Waals surface area contributed by atoms with E-state index in [0.717, 1.165) is 19.3 Å². The van der Waals surface area contributed by atoms with E-state index in [1.54, 1.807) is 0 Å². The van der Waals surface area contributed by atoms with Gasteiger partial charge in [-0.2, -0.15) is 8.42 Å². The van der Waals surface area contributed by atoms with E-state index < -0.39 is 102 Å². The van der Waals surface area contributed by atoms with E-state index in [2.05, 4.69) is 13.8 Å². The Morgan fingerprint density at radius 1 is 0.804 bits per heavy atom. The van der Waals surface area contributed by atoms with Gasteiger partial charge in [0, 0.05) is 20.1 Å². The van der Waals surface area contributed by atoms with Crippen LogP contribution in [0.25, 0.3) is 0 Å². The van der Waals surface area contributed by atoms with E-state index >= 15 is 0 Å². The average Bonchev–Trinajstić information content (AvgIpc) is 3.58. The molecule has 4 aliphatic carbocycles. The molecular formula is C39H68O16S. The van der Waals surface area contributed by atoms with Gasteiger partial charge in [0.2, 0.25) is 0 Å². The number of aliphatic hydroxyl groups excluding tert-OH is 6. The predicted octanol–water partition coefficient (Wildman–Crippen LogP) is 1.41. The van der Waals surface area contributed by atoms with Crippen LogP contribution in [0.3, 0.4) is 0 Å². The Bertz CT molecular complexity index is 1420. The van der Waals surface area contributed by atoms with Crippen LogP contribution in [-0.2, 0) is 43.0 Å². The highest BCUT2D eigenvalue weighted by molar-refractivity contribution is 7.80. The first-order valence-corrected chi connectivity index (χ1v) is 22.0. The van der Waals surface area contributed by atoms with Crippen LogP contribution in [0.5, 0.6) is 0 Å². The highest BCUT2D eigenvalue weighted by Gasteiger charge is 2.67. The fraction of sp³-hybridized carbons (Fsp3) is 1.00. The molecule has 2 heterocycles. The zero-order valence-electron chi connectivity index (χ0n) is 33.8. The molecule has 2 saturated heterocycles. The van der Waals surface area contributed by atoms with Crippen molar-refractivity contribution >= 4 is 10.4 Å². The molecule has 326 valence electrons. The number of aliphatic hydroxyl groups is 6. The molecule has 56 heavy (non-hydrogen) atoms.